The van der Waals surface area contributed by atoms with Crippen LogP contribution in [0.15, 0.2) is 35.7 Å². The lowest BCUT2D eigenvalue weighted by Gasteiger charge is -2.17. The number of halogens is 2. The third-order valence-electron chi connectivity index (χ3n) is 3.02. The summed E-state index contributed by atoms with van der Waals surface area (Å²) in [6.45, 7) is 2.83. The number of hydrogen-bond donors (Lipinski definition) is 1. The largest absolute Gasteiger partial charge is 0.305 e. The molecule has 0 bridgehead atoms. The van der Waals surface area contributed by atoms with Gasteiger partial charge in [-0.05, 0) is 35.6 Å². The van der Waals surface area contributed by atoms with Crippen LogP contribution in [-0.2, 0) is 6.54 Å². The van der Waals surface area contributed by atoms with Gasteiger partial charge in [0.1, 0.15) is 5.82 Å². The van der Waals surface area contributed by atoms with Crippen molar-refractivity contribution < 1.29 is 4.39 Å². The average Bonchev–Trinajstić information content (AvgIpc) is 2.90. The summed E-state index contributed by atoms with van der Waals surface area (Å²) >= 11 is 7.79. The fourth-order valence-corrected chi connectivity index (χ4v) is 3.09. The van der Waals surface area contributed by atoms with Crippen LogP contribution in [0, 0.1) is 5.82 Å². The molecule has 4 heteroatoms. The van der Waals surface area contributed by atoms with Gasteiger partial charge in [-0.1, -0.05) is 37.1 Å². The van der Waals surface area contributed by atoms with E-state index in [2.05, 4.69) is 29.8 Å². The standard InChI is InChI=1S/C15H17ClFNS/c1-2-4-14(15-5-3-8-19-15)18-10-11-6-7-12(17)9-13(11)16/h3,5-9,14,18H,2,4,10H2,1H3. The highest BCUT2D eigenvalue weighted by Crippen LogP contribution is 2.24. The molecule has 102 valence electrons. The quantitative estimate of drug-likeness (QED) is 0.775. The molecule has 1 unspecified atom stereocenters. The summed E-state index contributed by atoms with van der Waals surface area (Å²) in [7, 11) is 0. The van der Waals surface area contributed by atoms with Crippen LogP contribution >= 0.6 is 22.9 Å². The molecule has 0 fully saturated rings. The Kier molecular flexibility index (Phi) is 5.37. The van der Waals surface area contributed by atoms with Crippen LogP contribution < -0.4 is 5.32 Å². The predicted octanol–water partition coefficient (Wildman–Crippen LogP) is 5.17. The summed E-state index contributed by atoms with van der Waals surface area (Å²) in [5.74, 6) is -0.294. The van der Waals surface area contributed by atoms with E-state index >= 15 is 0 Å². The van der Waals surface area contributed by atoms with E-state index in [4.69, 9.17) is 11.6 Å². The SMILES string of the molecule is CCCC(NCc1ccc(F)cc1Cl)c1cccs1. The zero-order valence-corrected chi connectivity index (χ0v) is 12.4. The highest BCUT2D eigenvalue weighted by Gasteiger charge is 2.11. The minimum Gasteiger partial charge on any atom is -0.305 e. The molecule has 1 heterocycles. The summed E-state index contributed by atoms with van der Waals surface area (Å²) in [5, 5.41) is 6.07. The van der Waals surface area contributed by atoms with E-state index in [1.54, 1.807) is 17.4 Å². The Morgan fingerprint density at radius 3 is 2.84 bits per heavy atom. The zero-order valence-electron chi connectivity index (χ0n) is 10.8. The molecule has 1 N–H and O–H groups in total. The average molecular weight is 298 g/mol. The molecule has 0 amide bonds. The summed E-state index contributed by atoms with van der Waals surface area (Å²) in [4.78, 5) is 1.33. The third kappa shape index (κ3) is 4.03. The van der Waals surface area contributed by atoms with Gasteiger partial charge in [-0.15, -0.1) is 11.3 Å². The molecule has 0 aliphatic heterocycles. The normalized spacial score (nSPS) is 12.6. The van der Waals surface area contributed by atoms with Gasteiger partial charge < -0.3 is 5.32 Å². The lowest BCUT2D eigenvalue weighted by Crippen LogP contribution is -2.20. The molecule has 0 spiro atoms. The highest BCUT2D eigenvalue weighted by atomic mass is 35.5. The minimum absolute atomic E-state index is 0.294. The van der Waals surface area contributed by atoms with E-state index in [-0.39, 0.29) is 5.82 Å². The Morgan fingerprint density at radius 2 is 2.21 bits per heavy atom. The van der Waals surface area contributed by atoms with E-state index < -0.39 is 0 Å². The van der Waals surface area contributed by atoms with E-state index in [1.807, 2.05) is 0 Å². The molecule has 0 aliphatic rings. The molecule has 1 aromatic carbocycles. The van der Waals surface area contributed by atoms with Crippen molar-refractivity contribution in [2.75, 3.05) is 0 Å². The zero-order chi connectivity index (χ0) is 13.7. The fourth-order valence-electron chi connectivity index (χ4n) is 2.02. The van der Waals surface area contributed by atoms with E-state index in [0.29, 0.717) is 17.6 Å². The number of thiophene rings is 1. The fraction of sp³-hybridized carbons (Fsp3) is 0.333. The summed E-state index contributed by atoms with van der Waals surface area (Å²) < 4.78 is 13.0. The molecule has 2 rings (SSSR count). The van der Waals surface area contributed by atoms with E-state index in [0.717, 1.165) is 18.4 Å². The van der Waals surface area contributed by atoms with Crippen molar-refractivity contribution >= 4 is 22.9 Å². The van der Waals surface area contributed by atoms with E-state index in [1.165, 1.54) is 17.0 Å². The second kappa shape index (κ2) is 7.04. The first-order valence-electron chi connectivity index (χ1n) is 6.41. The monoisotopic (exact) mass is 297 g/mol. The Balaban J connectivity index is 2.02. The van der Waals surface area contributed by atoms with Crippen LogP contribution in [0.4, 0.5) is 4.39 Å². The van der Waals surface area contributed by atoms with Crippen molar-refractivity contribution in [1.29, 1.82) is 0 Å². The van der Waals surface area contributed by atoms with Crippen molar-refractivity contribution in [2.24, 2.45) is 0 Å². The summed E-state index contributed by atoms with van der Waals surface area (Å²) in [6, 6.07) is 9.09. The Morgan fingerprint density at radius 1 is 1.37 bits per heavy atom. The van der Waals surface area contributed by atoms with Gasteiger partial charge in [0.15, 0.2) is 0 Å². The molecule has 0 saturated heterocycles. The van der Waals surface area contributed by atoms with Crippen LogP contribution in [0.1, 0.15) is 36.2 Å². The van der Waals surface area contributed by atoms with Gasteiger partial charge in [-0.2, -0.15) is 0 Å². The van der Waals surface area contributed by atoms with Crippen LogP contribution in [0.3, 0.4) is 0 Å². The van der Waals surface area contributed by atoms with Gasteiger partial charge >= 0.3 is 0 Å². The Labute approximate surface area is 122 Å². The first kappa shape index (κ1) is 14.5. The van der Waals surface area contributed by atoms with Gasteiger partial charge in [0.25, 0.3) is 0 Å². The van der Waals surface area contributed by atoms with Crippen LogP contribution in [0.5, 0.6) is 0 Å². The molecule has 1 nitrogen and oxygen atoms in total. The van der Waals surface area contributed by atoms with Crippen molar-refractivity contribution in [2.45, 2.75) is 32.4 Å². The topological polar surface area (TPSA) is 12.0 Å². The van der Waals surface area contributed by atoms with Crippen molar-refractivity contribution in [1.82, 2.24) is 5.32 Å². The molecular formula is C15H17ClFNS. The summed E-state index contributed by atoms with van der Waals surface area (Å²) in [5.41, 5.74) is 0.931. The number of nitrogens with one attached hydrogen (secondary N) is 1. The van der Waals surface area contributed by atoms with Crippen molar-refractivity contribution in [3.63, 3.8) is 0 Å². The maximum atomic E-state index is 13.0. The second-order valence-corrected chi connectivity index (χ2v) is 5.86. The van der Waals surface area contributed by atoms with Crippen molar-refractivity contribution in [3.05, 3.63) is 57.0 Å². The van der Waals surface area contributed by atoms with Gasteiger partial charge in [-0.3, -0.25) is 0 Å². The first-order valence-corrected chi connectivity index (χ1v) is 7.67. The van der Waals surface area contributed by atoms with Gasteiger partial charge in [0.2, 0.25) is 0 Å². The highest BCUT2D eigenvalue weighted by molar-refractivity contribution is 7.10. The third-order valence-corrected chi connectivity index (χ3v) is 4.36. The second-order valence-electron chi connectivity index (χ2n) is 4.47. The lowest BCUT2D eigenvalue weighted by atomic mass is 10.1. The molecule has 0 saturated carbocycles. The number of hydrogen-bond acceptors (Lipinski definition) is 2. The molecule has 0 radical (unpaired) electrons. The maximum absolute atomic E-state index is 13.0. The van der Waals surface area contributed by atoms with Gasteiger partial charge in [0.05, 0.1) is 0 Å². The van der Waals surface area contributed by atoms with Crippen molar-refractivity contribution in [3.8, 4) is 0 Å². The molecule has 1 aromatic heterocycles. The number of rotatable bonds is 6. The Hall–Kier alpha value is -0.900. The first-order chi connectivity index (χ1) is 9.20. The maximum Gasteiger partial charge on any atom is 0.124 e. The molecule has 19 heavy (non-hydrogen) atoms. The number of benzene rings is 1. The van der Waals surface area contributed by atoms with E-state index in [9.17, 15) is 4.39 Å². The molecule has 2 aromatic rings. The van der Waals surface area contributed by atoms with Gasteiger partial charge in [-0.25, -0.2) is 4.39 Å². The Bertz CT molecular complexity index is 513. The molecular weight excluding hydrogens is 281 g/mol. The summed E-state index contributed by atoms with van der Waals surface area (Å²) in [6.07, 6.45) is 2.20. The minimum atomic E-state index is -0.294. The lowest BCUT2D eigenvalue weighted by molar-refractivity contribution is 0.500. The predicted molar refractivity (Wildman–Crippen MR) is 80.2 cm³/mol. The van der Waals surface area contributed by atoms with Gasteiger partial charge in [0, 0.05) is 22.5 Å². The molecule has 1 atom stereocenters. The van der Waals surface area contributed by atoms with Crippen LogP contribution in [0.2, 0.25) is 5.02 Å². The smallest absolute Gasteiger partial charge is 0.124 e. The van der Waals surface area contributed by atoms with Crippen LogP contribution in [0.25, 0.3) is 0 Å². The molecule has 0 aliphatic carbocycles. The van der Waals surface area contributed by atoms with Crippen LogP contribution in [-0.4, -0.2) is 0 Å².